The molecule has 0 radical (unpaired) electrons. The van der Waals surface area contributed by atoms with Gasteiger partial charge in [0.25, 0.3) is 0 Å². The van der Waals surface area contributed by atoms with Crippen molar-refractivity contribution in [3.63, 3.8) is 0 Å². The van der Waals surface area contributed by atoms with Crippen molar-refractivity contribution in [2.24, 2.45) is 0 Å². The molecule has 2 rings (SSSR count). The van der Waals surface area contributed by atoms with Gasteiger partial charge >= 0.3 is 0 Å². The lowest BCUT2D eigenvalue weighted by Crippen LogP contribution is -2.18. The maximum atomic E-state index is 5.92. The number of hydrogen-bond acceptors (Lipinski definition) is 4. The summed E-state index contributed by atoms with van der Waals surface area (Å²) in [6, 6.07) is 12.1. The first-order valence-electron chi connectivity index (χ1n) is 8.51. The summed E-state index contributed by atoms with van der Waals surface area (Å²) in [5, 5.41) is 3.49. The lowest BCUT2D eigenvalue weighted by molar-refractivity contribution is 0.290. The molecule has 4 nitrogen and oxygen atoms in total. The minimum atomic E-state index is 0.672. The lowest BCUT2D eigenvalue weighted by Gasteiger charge is -2.17. The molecular weight excluding hydrogens is 382 g/mol. The Balaban J connectivity index is 1.96. The van der Waals surface area contributed by atoms with Crippen molar-refractivity contribution in [2.45, 2.75) is 26.3 Å². The molecule has 0 aromatic heterocycles. The molecule has 136 valence electrons. The molecule has 2 aromatic carbocycles. The number of nitrogens with one attached hydrogen (secondary N) is 1. The van der Waals surface area contributed by atoms with E-state index in [-0.39, 0.29) is 0 Å². The minimum absolute atomic E-state index is 0.672. The van der Waals surface area contributed by atoms with Crippen molar-refractivity contribution in [3.8, 4) is 17.2 Å². The van der Waals surface area contributed by atoms with E-state index in [1.54, 1.807) is 14.2 Å². The lowest BCUT2D eigenvalue weighted by atomic mass is 10.1. The molecular formula is C20H26BrNO3. The van der Waals surface area contributed by atoms with Crippen LogP contribution in [0.4, 0.5) is 0 Å². The van der Waals surface area contributed by atoms with E-state index in [9.17, 15) is 0 Å². The van der Waals surface area contributed by atoms with Gasteiger partial charge in [0.1, 0.15) is 5.75 Å². The van der Waals surface area contributed by atoms with Gasteiger partial charge in [0.15, 0.2) is 11.5 Å². The molecule has 0 aliphatic carbocycles. The zero-order valence-electron chi connectivity index (χ0n) is 15.1. The topological polar surface area (TPSA) is 39.7 Å². The van der Waals surface area contributed by atoms with Crippen LogP contribution in [0.3, 0.4) is 0 Å². The van der Waals surface area contributed by atoms with Crippen molar-refractivity contribution in [1.82, 2.24) is 5.32 Å². The standard InChI is InChI=1S/C20H26BrNO3/c1-4-13-25-20-17(18(21)9-10-19(20)24-3)14-22-12-11-15-5-7-16(23-2)8-6-15/h5-10,22H,4,11-14H2,1-3H3. The van der Waals surface area contributed by atoms with E-state index in [1.807, 2.05) is 24.3 Å². The van der Waals surface area contributed by atoms with Crippen LogP contribution in [0.1, 0.15) is 24.5 Å². The van der Waals surface area contributed by atoms with E-state index in [4.69, 9.17) is 14.2 Å². The molecule has 0 aliphatic rings. The second-order valence-corrected chi connectivity index (χ2v) is 6.53. The number of benzene rings is 2. The molecule has 0 fully saturated rings. The highest BCUT2D eigenvalue weighted by atomic mass is 79.9. The summed E-state index contributed by atoms with van der Waals surface area (Å²) in [4.78, 5) is 0. The van der Waals surface area contributed by atoms with E-state index in [2.05, 4.69) is 40.3 Å². The number of hydrogen-bond donors (Lipinski definition) is 1. The molecule has 2 aromatic rings. The molecule has 0 saturated carbocycles. The minimum Gasteiger partial charge on any atom is -0.497 e. The third kappa shape index (κ3) is 5.65. The van der Waals surface area contributed by atoms with E-state index in [0.717, 1.165) is 46.7 Å². The average molecular weight is 408 g/mol. The summed E-state index contributed by atoms with van der Waals surface area (Å²) >= 11 is 3.63. The third-order valence-corrected chi connectivity index (χ3v) is 4.63. The van der Waals surface area contributed by atoms with Gasteiger partial charge in [-0.15, -0.1) is 0 Å². The molecule has 0 heterocycles. The molecule has 0 bridgehead atoms. The van der Waals surface area contributed by atoms with Crippen molar-refractivity contribution in [3.05, 3.63) is 52.0 Å². The summed E-state index contributed by atoms with van der Waals surface area (Å²) in [6.45, 7) is 4.36. The normalized spacial score (nSPS) is 10.6. The van der Waals surface area contributed by atoms with Crippen LogP contribution >= 0.6 is 15.9 Å². The smallest absolute Gasteiger partial charge is 0.166 e. The second-order valence-electron chi connectivity index (χ2n) is 5.68. The van der Waals surface area contributed by atoms with Gasteiger partial charge in [-0.3, -0.25) is 0 Å². The molecule has 25 heavy (non-hydrogen) atoms. The van der Waals surface area contributed by atoms with Crippen LogP contribution in [0.5, 0.6) is 17.2 Å². The molecule has 0 aliphatic heterocycles. The summed E-state index contributed by atoms with van der Waals surface area (Å²) < 4.78 is 17.6. The quantitative estimate of drug-likeness (QED) is 0.584. The van der Waals surface area contributed by atoms with E-state index >= 15 is 0 Å². The predicted molar refractivity (Wildman–Crippen MR) is 105 cm³/mol. The van der Waals surface area contributed by atoms with E-state index < -0.39 is 0 Å². The first kappa shape index (κ1) is 19.6. The van der Waals surface area contributed by atoms with Gasteiger partial charge in [-0.2, -0.15) is 0 Å². The summed E-state index contributed by atoms with van der Waals surface area (Å²) in [5.41, 5.74) is 2.36. The average Bonchev–Trinajstić information content (AvgIpc) is 2.65. The third-order valence-electron chi connectivity index (χ3n) is 3.89. The highest BCUT2D eigenvalue weighted by molar-refractivity contribution is 9.10. The molecule has 0 atom stereocenters. The van der Waals surface area contributed by atoms with Crippen LogP contribution in [0.25, 0.3) is 0 Å². The number of ether oxygens (including phenoxy) is 3. The Kier molecular flexibility index (Phi) is 8.09. The largest absolute Gasteiger partial charge is 0.497 e. The predicted octanol–water partition coefficient (Wildman–Crippen LogP) is 4.59. The maximum Gasteiger partial charge on any atom is 0.166 e. The summed E-state index contributed by atoms with van der Waals surface area (Å²) in [7, 11) is 3.35. The van der Waals surface area contributed by atoms with Crippen LogP contribution < -0.4 is 19.5 Å². The second kappa shape index (κ2) is 10.3. The zero-order valence-corrected chi connectivity index (χ0v) is 16.7. The van der Waals surface area contributed by atoms with Gasteiger partial charge in [-0.05, 0) is 49.2 Å². The SMILES string of the molecule is CCCOc1c(OC)ccc(Br)c1CNCCc1ccc(OC)cc1. The number of methoxy groups -OCH3 is 2. The zero-order chi connectivity index (χ0) is 18.1. The number of halogens is 1. The fourth-order valence-electron chi connectivity index (χ4n) is 2.51. The Labute approximate surface area is 158 Å². The fourth-order valence-corrected chi connectivity index (χ4v) is 2.96. The molecule has 0 unspecified atom stereocenters. The van der Waals surface area contributed by atoms with Gasteiger partial charge < -0.3 is 19.5 Å². The molecule has 5 heteroatoms. The first-order chi connectivity index (χ1) is 12.2. The Morgan fingerprint density at radius 1 is 1.00 bits per heavy atom. The molecule has 0 saturated heterocycles. The highest BCUT2D eigenvalue weighted by Gasteiger charge is 2.14. The van der Waals surface area contributed by atoms with Crippen molar-refractivity contribution in [2.75, 3.05) is 27.4 Å². The van der Waals surface area contributed by atoms with Crippen molar-refractivity contribution >= 4 is 15.9 Å². The maximum absolute atomic E-state index is 5.92. The van der Waals surface area contributed by atoms with Gasteiger partial charge in [-0.1, -0.05) is 35.0 Å². The highest BCUT2D eigenvalue weighted by Crippen LogP contribution is 2.36. The van der Waals surface area contributed by atoms with Crippen molar-refractivity contribution in [1.29, 1.82) is 0 Å². The Hall–Kier alpha value is -1.72. The molecule has 0 amide bonds. The summed E-state index contributed by atoms with van der Waals surface area (Å²) in [6.07, 6.45) is 1.91. The fraction of sp³-hybridized carbons (Fsp3) is 0.400. The monoisotopic (exact) mass is 407 g/mol. The molecule has 0 spiro atoms. The Morgan fingerprint density at radius 3 is 2.40 bits per heavy atom. The van der Waals surface area contributed by atoms with Crippen LogP contribution in [0.15, 0.2) is 40.9 Å². The van der Waals surface area contributed by atoms with Crippen LogP contribution in [0, 0.1) is 0 Å². The Bertz CT molecular complexity index is 659. The van der Waals surface area contributed by atoms with Gasteiger partial charge in [-0.25, -0.2) is 0 Å². The van der Waals surface area contributed by atoms with Crippen molar-refractivity contribution < 1.29 is 14.2 Å². The summed E-state index contributed by atoms with van der Waals surface area (Å²) in [5.74, 6) is 2.47. The first-order valence-corrected chi connectivity index (χ1v) is 9.30. The van der Waals surface area contributed by atoms with Gasteiger partial charge in [0.05, 0.1) is 20.8 Å². The van der Waals surface area contributed by atoms with E-state index in [1.165, 1.54) is 5.56 Å². The van der Waals surface area contributed by atoms with Crippen LogP contribution in [0.2, 0.25) is 0 Å². The number of rotatable bonds is 10. The van der Waals surface area contributed by atoms with Gasteiger partial charge in [0.2, 0.25) is 0 Å². The van der Waals surface area contributed by atoms with Crippen LogP contribution in [-0.2, 0) is 13.0 Å². The van der Waals surface area contributed by atoms with E-state index in [0.29, 0.717) is 13.2 Å². The molecule has 1 N–H and O–H groups in total. The Morgan fingerprint density at radius 2 is 1.76 bits per heavy atom. The van der Waals surface area contributed by atoms with Crippen LogP contribution in [-0.4, -0.2) is 27.4 Å². The van der Waals surface area contributed by atoms with Gasteiger partial charge in [0, 0.05) is 16.6 Å².